The zero-order valence-electron chi connectivity index (χ0n) is 10.6. The Kier molecular flexibility index (Phi) is 4.53. The molecular weight excluding hydrogens is 306 g/mol. The molecule has 2 rings (SSSR count). The van der Waals surface area contributed by atoms with E-state index in [4.69, 9.17) is 10.7 Å². The molecule has 0 unspecified atom stereocenters. The van der Waals surface area contributed by atoms with Crippen LogP contribution in [0.1, 0.15) is 41.6 Å². The van der Waals surface area contributed by atoms with E-state index in [0.29, 0.717) is 23.6 Å². The molecule has 19 heavy (non-hydrogen) atoms. The number of halogens is 1. The molecule has 0 radical (unpaired) electrons. The summed E-state index contributed by atoms with van der Waals surface area (Å²) in [7, 11) is 1.55. The first-order valence-electron chi connectivity index (χ1n) is 6.20. The molecule has 1 aromatic heterocycles. The molecule has 1 heterocycles. The molecule has 0 aromatic carbocycles. The minimum absolute atomic E-state index is 0.0557. The second kappa shape index (κ2) is 5.81. The fourth-order valence-corrected chi connectivity index (χ4v) is 4.96. The van der Waals surface area contributed by atoms with Gasteiger partial charge >= 0.3 is 0 Å². The molecule has 1 N–H and O–H groups in total. The number of carbonyl (C=O) groups excluding carboxylic acids is 1. The van der Waals surface area contributed by atoms with Gasteiger partial charge in [0.05, 0.1) is 5.56 Å². The standard InChI is InChI=1S/C12H16ClNO3S2/c1-8-10(7-18-12(8)19(13,16)17)11(15)14-6-9-4-2-3-5-9/h7,9H,2-6H2,1H3,(H,14,15). The van der Waals surface area contributed by atoms with Gasteiger partial charge in [0.2, 0.25) is 0 Å². The summed E-state index contributed by atoms with van der Waals surface area (Å²) in [5.74, 6) is 0.339. The van der Waals surface area contributed by atoms with Crippen molar-refractivity contribution in [2.75, 3.05) is 6.54 Å². The Labute approximate surface area is 121 Å². The van der Waals surface area contributed by atoms with E-state index in [-0.39, 0.29) is 10.1 Å². The van der Waals surface area contributed by atoms with Gasteiger partial charge in [0, 0.05) is 22.6 Å². The van der Waals surface area contributed by atoms with Crippen LogP contribution in [-0.4, -0.2) is 20.9 Å². The van der Waals surface area contributed by atoms with Crippen molar-refractivity contribution in [1.29, 1.82) is 0 Å². The van der Waals surface area contributed by atoms with Gasteiger partial charge in [-0.15, -0.1) is 11.3 Å². The van der Waals surface area contributed by atoms with Gasteiger partial charge in [-0.05, 0) is 31.2 Å². The summed E-state index contributed by atoms with van der Waals surface area (Å²) in [6.07, 6.45) is 4.77. The lowest BCUT2D eigenvalue weighted by molar-refractivity contribution is 0.0947. The Balaban J connectivity index is 2.05. The first-order chi connectivity index (χ1) is 8.89. The summed E-state index contributed by atoms with van der Waals surface area (Å²) in [5.41, 5.74) is 0.839. The lowest BCUT2D eigenvalue weighted by Crippen LogP contribution is -2.28. The predicted molar refractivity (Wildman–Crippen MR) is 76.4 cm³/mol. The van der Waals surface area contributed by atoms with Gasteiger partial charge in [-0.25, -0.2) is 8.42 Å². The van der Waals surface area contributed by atoms with Crippen molar-refractivity contribution in [2.45, 2.75) is 36.8 Å². The van der Waals surface area contributed by atoms with E-state index >= 15 is 0 Å². The number of carbonyl (C=O) groups is 1. The maximum atomic E-state index is 12.0. The van der Waals surface area contributed by atoms with Crippen molar-refractivity contribution in [2.24, 2.45) is 5.92 Å². The van der Waals surface area contributed by atoms with Gasteiger partial charge in [-0.3, -0.25) is 4.79 Å². The molecule has 0 bridgehead atoms. The highest BCUT2D eigenvalue weighted by atomic mass is 35.7. The second-order valence-corrected chi connectivity index (χ2v) is 8.50. The molecule has 0 saturated heterocycles. The van der Waals surface area contributed by atoms with E-state index in [1.54, 1.807) is 12.3 Å². The van der Waals surface area contributed by atoms with Crippen molar-refractivity contribution in [3.63, 3.8) is 0 Å². The van der Waals surface area contributed by atoms with Gasteiger partial charge in [-0.2, -0.15) is 0 Å². The zero-order chi connectivity index (χ0) is 14.0. The molecule has 0 spiro atoms. The normalized spacial score (nSPS) is 16.7. The SMILES string of the molecule is Cc1c(C(=O)NCC2CCCC2)csc1S(=O)(=O)Cl. The lowest BCUT2D eigenvalue weighted by atomic mass is 10.1. The van der Waals surface area contributed by atoms with Crippen LogP contribution in [0.25, 0.3) is 0 Å². The Morgan fingerprint density at radius 3 is 2.63 bits per heavy atom. The van der Waals surface area contributed by atoms with Crippen molar-refractivity contribution >= 4 is 37.0 Å². The first-order valence-corrected chi connectivity index (χ1v) is 9.39. The van der Waals surface area contributed by atoms with Gasteiger partial charge in [0.25, 0.3) is 15.0 Å². The van der Waals surface area contributed by atoms with E-state index in [1.807, 2.05) is 0 Å². The first kappa shape index (κ1) is 14.8. The summed E-state index contributed by atoms with van der Waals surface area (Å²) in [6, 6.07) is 0. The lowest BCUT2D eigenvalue weighted by Gasteiger charge is -2.10. The van der Waals surface area contributed by atoms with Crippen LogP contribution in [0.2, 0.25) is 0 Å². The van der Waals surface area contributed by atoms with Crippen molar-refractivity contribution < 1.29 is 13.2 Å². The summed E-state index contributed by atoms with van der Waals surface area (Å²) < 4.78 is 22.7. The van der Waals surface area contributed by atoms with Crippen LogP contribution in [0.15, 0.2) is 9.59 Å². The zero-order valence-corrected chi connectivity index (χ0v) is 13.0. The number of hydrogen-bond donors (Lipinski definition) is 1. The summed E-state index contributed by atoms with van der Waals surface area (Å²) in [4.78, 5) is 12.0. The Hall–Kier alpha value is -0.590. The van der Waals surface area contributed by atoms with Crippen molar-refractivity contribution in [3.05, 3.63) is 16.5 Å². The van der Waals surface area contributed by atoms with Gasteiger partial charge in [0.15, 0.2) is 0 Å². The summed E-state index contributed by atoms with van der Waals surface area (Å²) >= 11 is 0.989. The molecule has 1 aliphatic rings. The van der Waals surface area contributed by atoms with E-state index in [1.165, 1.54) is 12.8 Å². The van der Waals surface area contributed by atoms with E-state index in [2.05, 4.69) is 5.32 Å². The Morgan fingerprint density at radius 2 is 2.11 bits per heavy atom. The van der Waals surface area contributed by atoms with Crippen LogP contribution in [0, 0.1) is 12.8 Å². The number of rotatable bonds is 4. The molecule has 0 aliphatic heterocycles. The highest BCUT2D eigenvalue weighted by Crippen LogP contribution is 2.29. The molecule has 1 aromatic rings. The van der Waals surface area contributed by atoms with Gasteiger partial charge < -0.3 is 5.32 Å². The predicted octanol–water partition coefficient (Wildman–Crippen LogP) is 2.90. The van der Waals surface area contributed by atoms with Crippen LogP contribution in [0.3, 0.4) is 0 Å². The van der Waals surface area contributed by atoms with Crippen LogP contribution in [0.5, 0.6) is 0 Å². The third-order valence-electron chi connectivity index (χ3n) is 3.49. The third kappa shape index (κ3) is 3.49. The minimum atomic E-state index is -3.77. The minimum Gasteiger partial charge on any atom is -0.352 e. The molecule has 4 nitrogen and oxygen atoms in total. The van der Waals surface area contributed by atoms with Gasteiger partial charge in [-0.1, -0.05) is 12.8 Å². The van der Waals surface area contributed by atoms with Crippen LogP contribution < -0.4 is 5.32 Å². The molecule has 0 atom stereocenters. The fraction of sp³-hybridized carbons (Fsp3) is 0.583. The smallest absolute Gasteiger partial charge is 0.271 e. The van der Waals surface area contributed by atoms with Crippen LogP contribution >= 0.6 is 22.0 Å². The number of hydrogen-bond acceptors (Lipinski definition) is 4. The molecule has 1 aliphatic carbocycles. The Morgan fingerprint density at radius 1 is 1.47 bits per heavy atom. The average Bonchev–Trinajstić information content (AvgIpc) is 2.93. The quantitative estimate of drug-likeness (QED) is 0.867. The van der Waals surface area contributed by atoms with Crippen molar-refractivity contribution in [1.82, 2.24) is 5.32 Å². The van der Waals surface area contributed by atoms with Gasteiger partial charge in [0.1, 0.15) is 4.21 Å². The molecule has 1 fully saturated rings. The molecule has 1 amide bonds. The Bertz CT molecular complexity index is 574. The summed E-state index contributed by atoms with van der Waals surface area (Å²) in [6.45, 7) is 2.27. The highest BCUT2D eigenvalue weighted by molar-refractivity contribution is 8.15. The maximum Gasteiger partial charge on any atom is 0.271 e. The largest absolute Gasteiger partial charge is 0.352 e. The van der Waals surface area contributed by atoms with Crippen LogP contribution in [-0.2, 0) is 9.05 Å². The summed E-state index contributed by atoms with van der Waals surface area (Å²) in [5, 5.41) is 4.43. The fourth-order valence-electron chi connectivity index (χ4n) is 2.41. The molecule has 106 valence electrons. The van der Waals surface area contributed by atoms with E-state index in [9.17, 15) is 13.2 Å². The monoisotopic (exact) mass is 321 g/mol. The maximum absolute atomic E-state index is 12.0. The van der Waals surface area contributed by atoms with Crippen molar-refractivity contribution in [3.8, 4) is 0 Å². The van der Waals surface area contributed by atoms with E-state index in [0.717, 1.165) is 24.2 Å². The average molecular weight is 322 g/mol. The van der Waals surface area contributed by atoms with E-state index < -0.39 is 9.05 Å². The third-order valence-corrected chi connectivity index (χ3v) is 6.79. The number of amides is 1. The second-order valence-electron chi connectivity index (χ2n) is 4.86. The highest BCUT2D eigenvalue weighted by Gasteiger charge is 2.23. The number of thiophene rings is 1. The molecular formula is C12H16ClNO3S2. The topological polar surface area (TPSA) is 63.2 Å². The molecule has 7 heteroatoms. The van der Waals surface area contributed by atoms with Crippen LogP contribution in [0.4, 0.5) is 0 Å². The number of nitrogens with one attached hydrogen (secondary N) is 1. The molecule has 1 saturated carbocycles.